The second kappa shape index (κ2) is 20.9. The van der Waals surface area contributed by atoms with E-state index in [1.165, 1.54) is 21.6 Å². The maximum absolute atomic E-state index is 13.2. The maximum atomic E-state index is 13.2. The largest absolute Gasteiger partial charge is 0.388 e. The van der Waals surface area contributed by atoms with Crippen LogP contribution in [0, 0.1) is 0 Å². The minimum absolute atomic E-state index is 0.0488. The van der Waals surface area contributed by atoms with Gasteiger partial charge in [-0.15, -0.1) is 0 Å². The lowest BCUT2D eigenvalue weighted by Gasteiger charge is -2.42. The number of hydrogen-bond donors (Lipinski definition) is 4. The van der Waals surface area contributed by atoms with E-state index < -0.39 is 36.7 Å². The number of nitrogens with two attached hydrogens (primary N) is 2. The Kier molecular flexibility index (Phi) is 19.0. The molecule has 0 aromatic rings. The van der Waals surface area contributed by atoms with Gasteiger partial charge in [-0.25, -0.2) is 0 Å². The molecule has 1 aliphatic rings. The van der Waals surface area contributed by atoms with Crippen molar-refractivity contribution in [1.29, 1.82) is 0 Å². The first-order chi connectivity index (χ1) is 20.3. The number of carbonyl (C=O) groups excluding carboxylic acids is 1. The molecule has 0 spiro atoms. The smallest absolute Gasteiger partial charge is 0.244 e. The summed E-state index contributed by atoms with van der Waals surface area (Å²) in [7, 11) is 5.04. The lowest BCUT2D eigenvalue weighted by Crippen LogP contribution is -2.61. The van der Waals surface area contributed by atoms with E-state index in [2.05, 4.69) is 50.2 Å². The van der Waals surface area contributed by atoms with Crippen LogP contribution >= 0.6 is 0 Å². The van der Waals surface area contributed by atoms with E-state index in [4.69, 9.17) is 25.7 Å². The number of methoxy groups -OCH3 is 1. The summed E-state index contributed by atoms with van der Waals surface area (Å²) in [6.45, 7) is 12.7. The molecule has 0 aliphatic carbocycles. The minimum Gasteiger partial charge on any atom is -0.388 e. The molecule has 43 heavy (non-hydrogen) atoms. The molecule has 0 radical (unpaired) electrons. The predicted molar refractivity (Wildman–Crippen MR) is 176 cm³/mol. The molecule has 1 saturated heterocycles. The van der Waals surface area contributed by atoms with Crippen LogP contribution in [-0.4, -0.2) is 105 Å². The third-order valence-electron chi connectivity index (χ3n) is 7.93. The van der Waals surface area contributed by atoms with Crippen molar-refractivity contribution >= 4 is 12.1 Å². The van der Waals surface area contributed by atoms with Crippen molar-refractivity contribution in [1.82, 2.24) is 10.2 Å². The van der Waals surface area contributed by atoms with Gasteiger partial charge in [0, 0.05) is 33.0 Å². The first-order valence-electron chi connectivity index (χ1n) is 15.7. The van der Waals surface area contributed by atoms with Crippen LogP contribution in [-0.2, 0) is 19.0 Å². The number of carbonyl (C=O) groups is 1. The highest BCUT2D eigenvalue weighted by Gasteiger charge is 2.41. The number of likely N-dealkylation sites (N-methyl/N-ethyl adjacent to an activating group) is 2. The molecule has 1 amide bonds. The van der Waals surface area contributed by atoms with Gasteiger partial charge in [0.15, 0.2) is 6.29 Å². The van der Waals surface area contributed by atoms with Gasteiger partial charge in [-0.2, -0.15) is 0 Å². The van der Waals surface area contributed by atoms with E-state index in [0.717, 1.165) is 38.5 Å². The van der Waals surface area contributed by atoms with Crippen molar-refractivity contribution in [3.05, 3.63) is 34.9 Å². The Balaban J connectivity index is 2.82. The molecular formula is C33H61N5O5. The molecule has 7 unspecified atom stereocenters. The number of aliphatic hydroxyl groups excluding tert-OH is 1. The fourth-order valence-electron chi connectivity index (χ4n) is 5.12. The van der Waals surface area contributed by atoms with Crippen molar-refractivity contribution < 1.29 is 24.1 Å². The molecule has 0 bridgehead atoms. The quantitative estimate of drug-likeness (QED) is 0.129. The van der Waals surface area contributed by atoms with Crippen LogP contribution in [0.1, 0.15) is 80.1 Å². The fraction of sp³-hybridized carbons (Fsp3) is 0.758. The van der Waals surface area contributed by atoms with Crippen molar-refractivity contribution in [2.75, 3.05) is 34.3 Å². The van der Waals surface area contributed by atoms with E-state index in [-0.39, 0.29) is 24.6 Å². The predicted octanol–water partition coefficient (Wildman–Crippen LogP) is 3.48. The zero-order valence-corrected chi connectivity index (χ0v) is 28.2. The Bertz CT molecular complexity index is 931. The maximum Gasteiger partial charge on any atom is 0.244 e. The highest BCUT2D eigenvalue weighted by Crippen LogP contribution is 2.24. The van der Waals surface area contributed by atoms with E-state index in [0.29, 0.717) is 6.54 Å². The zero-order chi connectivity index (χ0) is 32.5. The molecule has 1 aliphatic heterocycles. The highest BCUT2D eigenvalue weighted by molar-refractivity contribution is 5.81. The highest BCUT2D eigenvalue weighted by atomic mass is 16.7. The monoisotopic (exact) mass is 607 g/mol. The van der Waals surface area contributed by atoms with Gasteiger partial charge in [0.25, 0.3) is 0 Å². The summed E-state index contributed by atoms with van der Waals surface area (Å²) in [6.07, 6.45) is 10.5. The van der Waals surface area contributed by atoms with Gasteiger partial charge < -0.3 is 41.0 Å². The molecular weight excluding hydrogens is 546 g/mol. The number of nitrogens with one attached hydrogen (secondary N) is 1. The molecule has 8 atom stereocenters. The van der Waals surface area contributed by atoms with Gasteiger partial charge in [-0.1, -0.05) is 28.9 Å². The summed E-state index contributed by atoms with van der Waals surface area (Å²) < 4.78 is 17.9. The number of amides is 1. The zero-order valence-electron chi connectivity index (χ0n) is 28.2. The van der Waals surface area contributed by atoms with Crippen LogP contribution in [0.3, 0.4) is 0 Å². The Morgan fingerprint density at radius 1 is 1.14 bits per heavy atom. The molecule has 6 N–H and O–H groups in total. The van der Waals surface area contributed by atoms with Gasteiger partial charge in [0.05, 0.1) is 24.3 Å². The van der Waals surface area contributed by atoms with Gasteiger partial charge >= 0.3 is 0 Å². The van der Waals surface area contributed by atoms with Crippen molar-refractivity contribution in [3.8, 4) is 0 Å². The second-order valence-corrected chi connectivity index (χ2v) is 12.2. The number of nitrogens with zero attached hydrogens (tertiary/aromatic N) is 2. The Labute approximate surface area is 261 Å². The summed E-state index contributed by atoms with van der Waals surface area (Å²) in [5, 5.41) is 14.7. The van der Waals surface area contributed by atoms with Crippen LogP contribution in [0.4, 0.5) is 0 Å². The van der Waals surface area contributed by atoms with Crippen LogP contribution in [0.5, 0.6) is 0 Å². The molecule has 1 rings (SSSR count). The van der Waals surface area contributed by atoms with E-state index in [1.807, 2.05) is 13.1 Å². The normalized spacial score (nSPS) is 23.5. The molecule has 1 fully saturated rings. The van der Waals surface area contributed by atoms with Crippen molar-refractivity contribution in [2.24, 2.45) is 16.5 Å². The van der Waals surface area contributed by atoms with E-state index >= 15 is 0 Å². The number of hydrogen-bond acceptors (Lipinski definition) is 9. The van der Waals surface area contributed by atoms with Gasteiger partial charge in [0.1, 0.15) is 18.8 Å². The summed E-state index contributed by atoms with van der Waals surface area (Å²) >= 11 is 0. The van der Waals surface area contributed by atoms with Gasteiger partial charge in [-0.05, 0) is 93.2 Å². The molecule has 0 aromatic heterocycles. The molecule has 10 nitrogen and oxygen atoms in total. The number of aliphatic hydroxyl groups is 1. The molecule has 0 saturated carbocycles. The summed E-state index contributed by atoms with van der Waals surface area (Å²) in [5.41, 5.74) is 16.5. The minimum atomic E-state index is -1.16. The van der Waals surface area contributed by atoms with Gasteiger partial charge in [0.2, 0.25) is 5.91 Å². The van der Waals surface area contributed by atoms with Crippen LogP contribution in [0.2, 0.25) is 0 Å². The van der Waals surface area contributed by atoms with E-state index in [9.17, 15) is 9.90 Å². The van der Waals surface area contributed by atoms with Crippen LogP contribution < -0.4 is 16.8 Å². The summed E-state index contributed by atoms with van der Waals surface area (Å²) in [4.78, 5) is 19.0. The topological polar surface area (TPSA) is 145 Å². The number of ether oxygens (including phenoxy) is 3. The number of rotatable bonds is 19. The SMILES string of the molecule is CNCC1CC[C@H](N)C(OC(C(C)N)C(O)C(C(C)OC)N(C)C(=O)CN=C/C=C(\C)CC/C=C(\C)CCC=C(C)C)O1. The first kappa shape index (κ1) is 39.1. The average molecular weight is 608 g/mol. The first-order valence-corrected chi connectivity index (χ1v) is 15.7. The molecule has 10 heteroatoms. The molecule has 1 heterocycles. The summed E-state index contributed by atoms with van der Waals surface area (Å²) in [5.74, 6) is -0.256. The number of allylic oxidation sites excluding steroid dienone is 6. The van der Waals surface area contributed by atoms with Crippen molar-refractivity contribution in [3.63, 3.8) is 0 Å². The lowest BCUT2D eigenvalue weighted by molar-refractivity contribution is -0.244. The van der Waals surface area contributed by atoms with Crippen LogP contribution in [0.15, 0.2) is 39.9 Å². The average Bonchev–Trinajstić information content (AvgIpc) is 2.94. The molecule has 0 aromatic carbocycles. The van der Waals surface area contributed by atoms with Crippen LogP contribution in [0.25, 0.3) is 0 Å². The summed E-state index contributed by atoms with van der Waals surface area (Å²) in [6, 6.07) is -1.65. The third-order valence-corrected chi connectivity index (χ3v) is 7.93. The third kappa shape index (κ3) is 14.6. The Morgan fingerprint density at radius 2 is 1.79 bits per heavy atom. The van der Waals surface area contributed by atoms with Gasteiger partial charge in [-0.3, -0.25) is 9.79 Å². The number of aliphatic imine (C=N–C) groups is 1. The lowest BCUT2D eigenvalue weighted by atomic mass is 9.95. The fourth-order valence-corrected chi connectivity index (χ4v) is 5.12. The molecule has 248 valence electrons. The Morgan fingerprint density at radius 3 is 2.40 bits per heavy atom. The van der Waals surface area contributed by atoms with Crippen molar-refractivity contribution in [2.45, 2.75) is 129 Å². The second-order valence-electron chi connectivity index (χ2n) is 12.2. The standard InChI is InChI=1S/C33H61N5O5/c1-22(2)12-10-13-23(3)14-11-15-24(4)18-19-37-21-29(39)38(8)30(26(6)41-9)31(40)32(25(5)34)43-33-28(35)17-16-27(42-33)20-36-7/h12,14,18-19,25-28,30-33,36,40H,10-11,13,15-17,20-21,34-35H2,1-9H3/b23-14+,24-18+,37-19?/t25?,26?,27?,28-,30?,31?,32?,33?/m0/s1. The Hall–Kier alpha value is -1.92. The van der Waals surface area contributed by atoms with E-state index in [1.54, 1.807) is 34.2 Å².